The van der Waals surface area contributed by atoms with E-state index in [4.69, 9.17) is 9.15 Å². The average Bonchev–Trinajstić information content (AvgIpc) is 3.37. The van der Waals surface area contributed by atoms with Crippen molar-refractivity contribution in [2.45, 2.75) is 33.1 Å². The lowest BCUT2D eigenvalue weighted by atomic mass is 10.1. The zero-order valence-electron chi connectivity index (χ0n) is 15.7. The van der Waals surface area contributed by atoms with Crippen LogP contribution in [-0.4, -0.2) is 17.9 Å². The van der Waals surface area contributed by atoms with Gasteiger partial charge in [-0.3, -0.25) is 9.59 Å². The van der Waals surface area contributed by atoms with Gasteiger partial charge < -0.3 is 19.8 Å². The van der Waals surface area contributed by atoms with Crippen LogP contribution >= 0.6 is 11.3 Å². The van der Waals surface area contributed by atoms with E-state index in [1.165, 1.54) is 17.6 Å². The SMILES string of the molecule is CC(C)OCc1ccccc1CNC(=O)c1ccc(NC(=O)c2ccco2)s1. The van der Waals surface area contributed by atoms with Crippen molar-refractivity contribution in [2.75, 3.05) is 5.32 Å². The predicted molar refractivity (Wildman–Crippen MR) is 109 cm³/mol. The molecule has 3 aromatic rings. The predicted octanol–water partition coefficient (Wildman–Crippen LogP) is 4.45. The molecule has 0 aliphatic heterocycles. The van der Waals surface area contributed by atoms with Crippen LogP contribution in [0, 0.1) is 0 Å². The summed E-state index contributed by atoms with van der Waals surface area (Å²) >= 11 is 1.21. The summed E-state index contributed by atoms with van der Waals surface area (Å²) in [5.41, 5.74) is 2.06. The Morgan fingerprint density at radius 1 is 1.04 bits per heavy atom. The van der Waals surface area contributed by atoms with Crippen LogP contribution in [-0.2, 0) is 17.9 Å². The lowest BCUT2D eigenvalue weighted by Crippen LogP contribution is -2.22. The van der Waals surface area contributed by atoms with E-state index < -0.39 is 0 Å². The molecule has 0 saturated carbocycles. The summed E-state index contributed by atoms with van der Waals surface area (Å²) in [5, 5.41) is 6.22. The highest BCUT2D eigenvalue weighted by molar-refractivity contribution is 7.18. The molecular formula is C21H22N2O4S. The third-order valence-corrected chi connectivity index (χ3v) is 4.94. The van der Waals surface area contributed by atoms with Crippen molar-refractivity contribution in [1.29, 1.82) is 0 Å². The molecule has 146 valence electrons. The third-order valence-electron chi connectivity index (χ3n) is 3.94. The Morgan fingerprint density at radius 3 is 2.54 bits per heavy atom. The summed E-state index contributed by atoms with van der Waals surface area (Å²) in [5.74, 6) is -0.319. The molecule has 28 heavy (non-hydrogen) atoms. The topological polar surface area (TPSA) is 80.6 Å². The number of benzene rings is 1. The second-order valence-electron chi connectivity index (χ2n) is 6.41. The Kier molecular flexibility index (Phi) is 6.62. The Bertz CT molecular complexity index is 932. The van der Waals surface area contributed by atoms with E-state index in [1.54, 1.807) is 24.3 Å². The number of hydrogen-bond acceptors (Lipinski definition) is 5. The van der Waals surface area contributed by atoms with E-state index in [0.717, 1.165) is 11.1 Å². The first-order chi connectivity index (χ1) is 13.5. The van der Waals surface area contributed by atoms with Crippen LogP contribution in [0.2, 0.25) is 0 Å². The van der Waals surface area contributed by atoms with Crippen molar-refractivity contribution < 1.29 is 18.7 Å². The molecule has 0 atom stereocenters. The number of amides is 2. The smallest absolute Gasteiger partial charge is 0.291 e. The molecule has 2 amide bonds. The number of hydrogen-bond donors (Lipinski definition) is 2. The van der Waals surface area contributed by atoms with Gasteiger partial charge in [-0.25, -0.2) is 0 Å². The van der Waals surface area contributed by atoms with Crippen molar-refractivity contribution in [2.24, 2.45) is 0 Å². The van der Waals surface area contributed by atoms with Gasteiger partial charge in [0.05, 0.1) is 28.9 Å². The number of carbonyl (C=O) groups is 2. The molecule has 2 N–H and O–H groups in total. The van der Waals surface area contributed by atoms with Gasteiger partial charge in [0.25, 0.3) is 11.8 Å². The minimum absolute atomic E-state index is 0.142. The minimum atomic E-state index is -0.349. The maximum absolute atomic E-state index is 12.5. The summed E-state index contributed by atoms with van der Waals surface area (Å²) in [6.45, 7) is 4.89. The number of nitrogens with one attached hydrogen (secondary N) is 2. The van der Waals surface area contributed by atoms with Gasteiger partial charge in [0, 0.05) is 6.54 Å². The normalized spacial score (nSPS) is 10.8. The Labute approximate surface area is 167 Å². The van der Waals surface area contributed by atoms with Crippen LogP contribution in [0.25, 0.3) is 0 Å². The van der Waals surface area contributed by atoms with Crippen molar-refractivity contribution >= 4 is 28.2 Å². The quantitative estimate of drug-likeness (QED) is 0.587. The molecular weight excluding hydrogens is 376 g/mol. The van der Waals surface area contributed by atoms with E-state index in [-0.39, 0.29) is 23.7 Å². The highest BCUT2D eigenvalue weighted by Gasteiger charge is 2.14. The van der Waals surface area contributed by atoms with Crippen LogP contribution in [0.4, 0.5) is 5.00 Å². The fraction of sp³-hybridized carbons (Fsp3) is 0.238. The molecule has 6 nitrogen and oxygen atoms in total. The molecule has 0 radical (unpaired) electrons. The highest BCUT2D eigenvalue weighted by Crippen LogP contribution is 2.23. The molecule has 7 heteroatoms. The van der Waals surface area contributed by atoms with Gasteiger partial charge in [-0.1, -0.05) is 24.3 Å². The van der Waals surface area contributed by atoms with Crippen LogP contribution < -0.4 is 10.6 Å². The van der Waals surface area contributed by atoms with E-state index >= 15 is 0 Å². The van der Waals surface area contributed by atoms with E-state index in [1.807, 2.05) is 38.1 Å². The lowest BCUT2D eigenvalue weighted by molar-refractivity contribution is 0.0651. The van der Waals surface area contributed by atoms with Crippen LogP contribution in [0.5, 0.6) is 0 Å². The maximum Gasteiger partial charge on any atom is 0.291 e. The van der Waals surface area contributed by atoms with Crippen molar-refractivity contribution in [3.8, 4) is 0 Å². The summed E-state index contributed by atoms with van der Waals surface area (Å²) in [6.07, 6.45) is 1.58. The molecule has 0 aliphatic carbocycles. The monoisotopic (exact) mass is 398 g/mol. The number of furan rings is 1. The van der Waals surface area contributed by atoms with E-state index in [2.05, 4.69) is 10.6 Å². The van der Waals surface area contributed by atoms with Gasteiger partial charge in [-0.15, -0.1) is 11.3 Å². The first-order valence-corrected chi connectivity index (χ1v) is 9.76. The second-order valence-corrected chi connectivity index (χ2v) is 7.49. The fourth-order valence-corrected chi connectivity index (χ4v) is 3.32. The molecule has 0 spiro atoms. The molecule has 3 rings (SSSR count). The summed E-state index contributed by atoms with van der Waals surface area (Å²) < 4.78 is 10.7. The molecule has 0 unspecified atom stereocenters. The van der Waals surface area contributed by atoms with E-state index in [0.29, 0.717) is 23.0 Å². The summed E-state index contributed by atoms with van der Waals surface area (Å²) in [4.78, 5) is 25.0. The van der Waals surface area contributed by atoms with Crippen LogP contribution in [0.3, 0.4) is 0 Å². The molecule has 2 aromatic heterocycles. The van der Waals surface area contributed by atoms with Crippen molar-refractivity contribution in [3.63, 3.8) is 0 Å². The minimum Gasteiger partial charge on any atom is -0.459 e. The van der Waals surface area contributed by atoms with Gasteiger partial charge in [-0.2, -0.15) is 0 Å². The third kappa shape index (κ3) is 5.31. The average molecular weight is 398 g/mol. The lowest BCUT2D eigenvalue weighted by Gasteiger charge is -2.12. The van der Waals surface area contributed by atoms with Gasteiger partial charge >= 0.3 is 0 Å². The molecule has 0 aliphatic rings. The van der Waals surface area contributed by atoms with Crippen molar-refractivity contribution in [3.05, 3.63) is 76.6 Å². The van der Waals surface area contributed by atoms with Crippen molar-refractivity contribution in [1.82, 2.24) is 5.32 Å². The van der Waals surface area contributed by atoms with Gasteiger partial charge in [-0.05, 0) is 49.2 Å². The largest absolute Gasteiger partial charge is 0.459 e. The van der Waals surface area contributed by atoms with Crippen LogP contribution in [0.1, 0.15) is 45.2 Å². The molecule has 0 bridgehead atoms. The standard InChI is InChI=1S/C21H22N2O4S/c1-14(2)27-13-16-7-4-3-6-15(16)12-22-21(25)18-9-10-19(28-18)23-20(24)17-8-5-11-26-17/h3-11,14H,12-13H2,1-2H3,(H,22,25)(H,23,24). The Balaban J connectivity index is 1.57. The summed E-state index contributed by atoms with van der Waals surface area (Å²) in [6, 6.07) is 14.5. The number of anilines is 1. The zero-order chi connectivity index (χ0) is 19.9. The first-order valence-electron chi connectivity index (χ1n) is 8.94. The number of ether oxygens (including phenoxy) is 1. The molecule has 0 fully saturated rings. The Morgan fingerprint density at radius 2 is 1.82 bits per heavy atom. The summed E-state index contributed by atoms with van der Waals surface area (Å²) in [7, 11) is 0. The van der Waals surface area contributed by atoms with Gasteiger partial charge in [0.2, 0.25) is 0 Å². The Hall–Kier alpha value is -2.90. The molecule has 2 heterocycles. The molecule has 1 aromatic carbocycles. The fourth-order valence-electron chi connectivity index (χ4n) is 2.50. The van der Waals surface area contributed by atoms with Crippen LogP contribution in [0.15, 0.2) is 59.2 Å². The maximum atomic E-state index is 12.5. The first kappa shape index (κ1) is 19.9. The zero-order valence-corrected chi connectivity index (χ0v) is 16.5. The number of rotatable bonds is 8. The second kappa shape index (κ2) is 9.34. The van der Waals surface area contributed by atoms with Gasteiger partial charge in [0.1, 0.15) is 0 Å². The number of carbonyl (C=O) groups excluding carboxylic acids is 2. The highest BCUT2D eigenvalue weighted by atomic mass is 32.1. The molecule has 0 saturated heterocycles. The van der Waals surface area contributed by atoms with E-state index in [9.17, 15) is 9.59 Å². The number of thiophene rings is 1. The van der Waals surface area contributed by atoms with Gasteiger partial charge in [0.15, 0.2) is 5.76 Å².